The van der Waals surface area contributed by atoms with Gasteiger partial charge in [0.15, 0.2) is 5.84 Å². The fourth-order valence-corrected chi connectivity index (χ4v) is 6.25. The summed E-state index contributed by atoms with van der Waals surface area (Å²) >= 11 is 0. The van der Waals surface area contributed by atoms with Crippen molar-refractivity contribution in [3.63, 3.8) is 0 Å². The van der Waals surface area contributed by atoms with Crippen LogP contribution in [0.2, 0.25) is 0 Å². The van der Waals surface area contributed by atoms with Crippen LogP contribution in [0.25, 0.3) is 60.3 Å². The molecule has 6 aromatic carbocycles. The van der Waals surface area contributed by atoms with Crippen LogP contribution in [0.4, 0.5) is 0 Å². The Balaban J connectivity index is 1.27. The van der Waals surface area contributed by atoms with E-state index in [-0.39, 0.29) is 0 Å². The molecule has 0 unspecified atom stereocenters. The Bertz CT molecular complexity index is 2490. The van der Waals surface area contributed by atoms with Crippen LogP contribution in [0.3, 0.4) is 0 Å². The van der Waals surface area contributed by atoms with Gasteiger partial charge in [-0.2, -0.15) is 0 Å². The highest BCUT2D eigenvalue weighted by molar-refractivity contribution is 6.23. The molecule has 0 spiro atoms. The van der Waals surface area contributed by atoms with Gasteiger partial charge in [-0.15, -0.1) is 0 Å². The molecule has 3 heterocycles. The second-order valence-electron chi connectivity index (χ2n) is 10.9. The lowest BCUT2D eigenvalue weighted by Crippen LogP contribution is -2.05. The number of para-hydroxylation sites is 2. The normalized spacial score (nSPS) is 13.9. The van der Waals surface area contributed by atoms with Crippen molar-refractivity contribution in [2.24, 2.45) is 9.98 Å². The molecule has 0 N–H and O–H groups in total. The van der Waals surface area contributed by atoms with Crippen molar-refractivity contribution in [3.8, 4) is 0 Å². The Kier molecular flexibility index (Phi) is 5.23. The number of nitrogens with zero attached hydrogens (tertiary/aromatic N) is 2. The first-order valence-electron chi connectivity index (χ1n) is 14.5. The molecule has 4 nitrogen and oxygen atoms in total. The fraction of sp³-hybridized carbons (Fsp3) is 0.0256. The van der Waals surface area contributed by atoms with Gasteiger partial charge in [-0.3, -0.25) is 0 Å². The number of allylic oxidation sites excluding steroid dienone is 1. The summed E-state index contributed by atoms with van der Waals surface area (Å²) in [6.07, 6.45) is 2.84. The van der Waals surface area contributed by atoms with E-state index in [1.165, 1.54) is 10.8 Å². The SMILES string of the molecule is C1=C(c2ccc3oc4ccccc4c3c2)N=C(c2cccc3oc4ccccc4c23)N=C(c2ccc3ccccc3c2)C1. The van der Waals surface area contributed by atoms with Crippen molar-refractivity contribution >= 4 is 71.9 Å². The maximum Gasteiger partial charge on any atom is 0.160 e. The van der Waals surface area contributed by atoms with Crippen molar-refractivity contribution in [1.29, 1.82) is 0 Å². The fourth-order valence-electron chi connectivity index (χ4n) is 6.25. The average molecular weight is 553 g/mol. The number of benzene rings is 6. The minimum absolute atomic E-state index is 0.646. The molecule has 0 fully saturated rings. The molecule has 0 saturated carbocycles. The predicted molar refractivity (Wildman–Crippen MR) is 177 cm³/mol. The van der Waals surface area contributed by atoms with Gasteiger partial charge in [0.2, 0.25) is 0 Å². The first-order chi connectivity index (χ1) is 21.3. The minimum atomic E-state index is 0.646. The zero-order valence-corrected chi connectivity index (χ0v) is 23.1. The van der Waals surface area contributed by atoms with Gasteiger partial charge in [-0.25, -0.2) is 9.98 Å². The molecule has 0 saturated heterocycles. The number of furan rings is 2. The molecule has 0 aliphatic carbocycles. The van der Waals surface area contributed by atoms with Crippen LogP contribution >= 0.6 is 0 Å². The summed E-state index contributed by atoms with van der Waals surface area (Å²) in [6.45, 7) is 0. The molecular weight excluding hydrogens is 528 g/mol. The van der Waals surface area contributed by atoms with Gasteiger partial charge in [0.1, 0.15) is 22.3 Å². The maximum absolute atomic E-state index is 6.24. The van der Waals surface area contributed by atoms with E-state index < -0.39 is 0 Å². The first-order valence-corrected chi connectivity index (χ1v) is 14.5. The van der Waals surface area contributed by atoms with E-state index in [4.69, 9.17) is 18.8 Å². The molecule has 202 valence electrons. The number of amidine groups is 1. The van der Waals surface area contributed by atoms with E-state index in [9.17, 15) is 0 Å². The monoisotopic (exact) mass is 552 g/mol. The molecule has 4 heteroatoms. The Hall–Kier alpha value is -5.74. The van der Waals surface area contributed by atoms with Crippen LogP contribution in [-0.2, 0) is 0 Å². The predicted octanol–water partition coefficient (Wildman–Crippen LogP) is 10.3. The Morgan fingerprint density at radius 1 is 0.488 bits per heavy atom. The molecule has 43 heavy (non-hydrogen) atoms. The molecule has 0 bridgehead atoms. The van der Waals surface area contributed by atoms with Crippen LogP contribution in [0.5, 0.6) is 0 Å². The van der Waals surface area contributed by atoms with Crippen LogP contribution < -0.4 is 0 Å². The van der Waals surface area contributed by atoms with Crippen molar-refractivity contribution in [1.82, 2.24) is 0 Å². The topological polar surface area (TPSA) is 51.0 Å². The third kappa shape index (κ3) is 3.92. The lowest BCUT2D eigenvalue weighted by molar-refractivity contribution is 0.668. The van der Waals surface area contributed by atoms with Crippen LogP contribution in [0.1, 0.15) is 23.1 Å². The highest BCUT2D eigenvalue weighted by Crippen LogP contribution is 2.35. The van der Waals surface area contributed by atoms with E-state index in [0.29, 0.717) is 12.3 Å². The molecule has 0 atom stereocenters. The van der Waals surface area contributed by atoms with E-state index >= 15 is 0 Å². The van der Waals surface area contributed by atoms with Gasteiger partial charge in [-0.1, -0.05) is 91.0 Å². The Morgan fingerprint density at radius 3 is 2.09 bits per heavy atom. The van der Waals surface area contributed by atoms with Crippen molar-refractivity contribution in [2.75, 3.05) is 0 Å². The molecule has 1 aliphatic heterocycles. The lowest BCUT2D eigenvalue weighted by Gasteiger charge is -2.08. The van der Waals surface area contributed by atoms with E-state index in [2.05, 4.69) is 78.9 Å². The summed E-state index contributed by atoms with van der Waals surface area (Å²) < 4.78 is 12.3. The largest absolute Gasteiger partial charge is 0.456 e. The number of hydrogen-bond acceptors (Lipinski definition) is 4. The maximum atomic E-state index is 6.24. The summed E-state index contributed by atoms with van der Waals surface area (Å²) in [5, 5.41) is 6.65. The number of rotatable bonds is 3. The van der Waals surface area contributed by atoms with Crippen molar-refractivity contribution in [2.45, 2.75) is 6.42 Å². The van der Waals surface area contributed by atoms with E-state index in [0.717, 1.165) is 72.0 Å². The van der Waals surface area contributed by atoms with E-state index in [1.54, 1.807) is 0 Å². The van der Waals surface area contributed by atoms with E-state index in [1.807, 2.05) is 54.6 Å². The molecule has 0 radical (unpaired) electrons. The highest BCUT2D eigenvalue weighted by atomic mass is 16.3. The minimum Gasteiger partial charge on any atom is -0.456 e. The van der Waals surface area contributed by atoms with Crippen LogP contribution in [0.15, 0.2) is 152 Å². The summed E-state index contributed by atoms with van der Waals surface area (Å²) in [6, 6.07) is 43.7. The Labute approximate surface area is 246 Å². The second-order valence-corrected chi connectivity index (χ2v) is 10.9. The summed E-state index contributed by atoms with van der Waals surface area (Å²) in [5.74, 6) is 0.668. The molecule has 9 rings (SSSR count). The second kappa shape index (κ2) is 9.40. The first kappa shape index (κ1) is 23.9. The van der Waals surface area contributed by atoms with Gasteiger partial charge in [-0.05, 0) is 58.8 Å². The molecule has 0 amide bonds. The molecule has 8 aromatic rings. The molecular formula is C39H24N2O2. The van der Waals surface area contributed by atoms with Gasteiger partial charge in [0.25, 0.3) is 0 Å². The third-order valence-corrected chi connectivity index (χ3v) is 8.35. The smallest absolute Gasteiger partial charge is 0.160 e. The zero-order chi connectivity index (χ0) is 28.3. The van der Waals surface area contributed by atoms with Gasteiger partial charge in [0, 0.05) is 39.1 Å². The standard InChI is InChI=1S/C39H24N2O2/c1-2-9-25-22-26(17-16-24(25)8-1)32-19-20-33(27-18-21-36-31(23-27)28-10-3-5-13-34(28)42-36)41-39(40-32)30-12-7-15-37-38(30)29-11-4-6-14-35(29)43-37/h1-18,20-23H,19H2. The lowest BCUT2D eigenvalue weighted by atomic mass is 10.0. The van der Waals surface area contributed by atoms with Crippen molar-refractivity contribution in [3.05, 3.63) is 150 Å². The summed E-state index contributed by atoms with van der Waals surface area (Å²) in [4.78, 5) is 10.6. The summed E-state index contributed by atoms with van der Waals surface area (Å²) in [7, 11) is 0. The van der Waals surface area contributed by atoms with Gasteiger partial charge >= 0.3 is 0 Å². The molecule has 2 aromatic heterocycles. The highest BCUT2D eigenvalue weighted by Gasteiger charge is 2.19. The van der Waals surface area contributed by atoms with Crippen LogP contribution in [-0.4, -0.2) is 11.5 Å². The number of fused-ring (bicyclic) bond motifs is 7. The number of aliphatic imine (C=N–C) groups is 2. The van der Waals surface area contributed by atoms with Crippen molar-refractivity contribution < 1.29 is 8.83 Å². The van der Waals surface area contributed by atoms with Gasteiger partial charge < -0.3 is 8.83 Å². The van der Waals surface area contributed by atoms with Gasteiger partial charge in [0.05, 0.1) is 11.4 Å². The number of hydrogen-bond donors (Lipinski definition) is 0. The summed E-state index contributed by atoms with van der Waals surface area (Å²) in [5.41, 5.74) is 8.34. The van der Waals surface area contributed by atoms with Crippen LogP contribution in [0, 0.1) is 0 Å². The zero-order valence-electron chi connectivity index (χ0n) is 23.1. The Morgan fingerprint density at radius 2 is 1.19 bits per heavy atom. The third-order valence-electron chi connectivity index (χ3n) is 8.35. The quantitative estimate of drug-likeness (QED) is 0.219. The average Bonchev–Trinajstić information content (AvgIpc) is 3.54. The molecule has 1 aliphatic rings.